The Morgan fingerprint density at radius 2 is 1.63 bits per heavy atom. The van der Waals surface area contributed by atoms with Gasteiger partial charge >= 0.3 is 12.1 Å². The first-order chi connectivity index (χ1) is 18.1. The Balaban J connectivity index is 1.48. The number of rotatable bonds is 8. The second-order valence-electron chi connectivity index (χ2n) is 8.30. The number of H-pyrrole nitrogens is 1. The van der Waals surface area contributed by atoms with E-state index in [9.17, 15) is 27.6 Å². The molecule has 4 aromatic rings. The SMILES string of the molecule is O=C(COC(=O)[C@H](Cc1c[nH]c2ccccc12)NC(=O)c1ccc(Cl)cc1)Nc1ccccc1C(F)(F)F. The molecule has 0 unspecified atom stereocenters. The summed E-state index contributed by atoms with van der Waals surface area (Å²) >= 11 is 5.88. The Hall–Kier alpha value is -4.31. The van der Waals surface area contributed by atoms with Crippen LogP contribution in [0.3, 0.4) is 0 Å². The van der Waals surface area contributed by atoms with Crippen molar-refractivity contribution in [1.82, 2.24) is 10.3 Å². The molecule has 3 N–H and O–H groups in total. The van der Waals surface area contributed by atoms with Crippen LogP contribution in [-0.4, -0.2) is 35.4 Å². The van der Waals surface area contributed by atoms with E-state index in [-0.39, 0.29) is 12.0 Å². The molecule has 1 aromatic heterocycles. The summed E-state index contributed by atoms with van der Waals surface area (Å²) in [5.41, 5.74) is 0.274. The molecule has 3 aromatic carbocycles. The monoisotopic (exact) mass is 543 g/mol. The van der Waals surface area contributed by atoms with E-state index in [1.807, 2.05) is 24.3 Å². The molecule has 0 saturated heterocycles. The van der Waals surface area contributed by atoms with Gasteiger partial charge < -0.3 is 20.4 Å². The van der Waals surface area contributed by atoms with Gasteiger partial charge in [0.25, 0.3) is 11.8 Å². The maximum Gasteiger partial charge on any atom is 0.418 e. The van der Waals surface area contributed by atoms with Crippen LogP contribution in [0.4, 0.5) is 18.9 Å². The second-order valence-corrected chi connectivity index (χ2v) is 8.73. The lowest BCUT2D eigenvalue weighted by molar-refractivity contribution is -0.149. The van der Waals surface area contributed by atoms with E-state index in [2.05, 4.69) is 15.6 Å². The molecule has 38 heavy (non-hydrogen) atoms. The molecule has 11 heteroatoms. The molecule has 0 aliphatic heterocycles. The molecule has 196 valence electrons. The number of ether oxygens (including phenoxy) is 1. The molecule has 0 spiro atoms. The van der Waals surface area contributed by atoms with Crippen molar-refractivity contribution in [2.75, 3.05) is 11.9 Å². The number of esters is 1. The lowest BCUT2D eigenvalue weighted by Gasteiger charge is -2.18. The Kier molecular flexibility index (Phi) is 8.02. The fraction of sp³-hybridized carbons (Fsp3) is 0.148. The Labute approximate surface area is 219 Å². The van der Waals surface area contributed by atoms with Gasteiger partial charge in [0, 0.05) is 34.1 Å². The van der Waals surface area contributed by atoms with E-state index in [1.54, 1.807) is 6.20 Å². The highest BCUT2D eigenvalue weighted by Gasteiger charge is 2.33. The molecule has 2 amide bonds. The summed E-state index contributed by atoms with van der Waals surface area (Å²) < 4.78 is 44.7. The molecule has 0 aliphatic rings. The quantitative estimate of drug-likeness (QED) is 0.260. The second kappa shape index (κ2) is 11.4. The molecule has 0 radical (unpaired) electrons. The molecular weight excluding hydrogens is 523 g/mol. The van der Waals surface area contributed by atoms with Crippen LogP contribution in [0.1, 0.15) is 21.5 Å². The molecular formula is C27H21ClF3N3O4. The molecule has 0 aliphatic carbocycles. The van der Waals surface area contributed by atoms with E-state index >= 15 is 0 Å². The average molecular weight is 544 g/mol. The van der Waals surface area contributed by atoms with Gasteiger partial charge in [-0.05, 0) is 48.0 Å². The number of aromatic nitrogens is 1. The van der Waals surface area contributed by atoms with Gasteiger partial charge in [-0.3, -0.25) is 9.59 Å². The number of anilines is 1. The van der Waals surface area contributed by atoms with Crippen LogP contribution in [0.2, 0.25) is 5.02 Å². The maximum absolute atomic E-state index is 13.2. The van der Waals surface area contributed by atoms with Crippen molar-refractivity contribution in [3.8, 4) is 0 Å². The van der Waals surface area contributed by atoms with Crippen molar-refractivity contribution >= 4 is 46.0 Å². The fourth-order valence-corrected chi connectivity index (χ4v) is 3.95. The van der Waals surface area contributed by atoms with E-state index in [1.165, 1.54) is 36.4 Å². The highest BCUT2D eigenvalue weighted by atomic mass is 35.5. The maximum atomic E-state index is 13.2. The topological polar surface area (TPSA) is 100 Å². The van der Waals surface area contributed by atoms with E-state index in [0.29, 0.717) is 10.6 Å². The summed E-state index contributed by atoms with van der Waals surface area (Å²) in [6.07, 6.45) is -2.96. The summed E-state index contributed by atoms with van der Waals surface area (Å²) in [7, 11) is 0. The van der Waals surface area contributed by atoms with Crippen molar-refractivity contribution in [3.63, 3.8) is 0 Å². The van der Waals surface area contributed by atoms with Gasteiger partial charge in [-0.2, -0.15) is 13.2 Å². The largest absolute Gasteiger partial charge is 0.454 e. The number of fused-ring (bicyclic) bond motifs is 1. The number of amides is 2. The van der Waals surface area contributed by atoms with Crippen LogP contribution < -0.4 is 10.6 Å². The van der Waals surface area contributed by atoms with E-state index < -0.39 is 47.9 Å². The Morgan fingerprint density at radius 3 is 2.37 bits per heavy atom. The van der Waals surface area contributed by atoms with Gasteiger partial charge in [-0.15, -0.1) is 0 Å². The van der Waals surface area contributed by atoms with Crippen LogP contribution >= 0.6 is 11.6 Å². The number of para-hydroxylation sites is 2. The molecule has 1 heterocycles. The standard InChI is InChI=1S/C27H21ClF3N3O4/c28-18-11-9-16(10-12-18)25(36)34-23(13-17-14-32-21-7-3-1-5-19(17)21)26(37)38-15-24(35)33-22-8-4-2-6-20(22)27(29,30)31/h1-12,14,23,32H,13,15H2,(H,33,35)(H,34,36)/t23-/m0/s1. The third-order valence-electron chi connectivity index (χ3n) is 5.65. The van der Waals surface area contributed by atoms with E-state index in [0.717, 1.165) is 23.0 Å². The van der Waals surface area contributed by atoms with Crippen LogP contribution in [0.25, 0.3) is 10.9 Å². The summed E-state index contributed by atoms with van der Waals surface area (Å²) in [6, 6.07) is 16.6. The third kappa shape index (κ3) is 6.51. The van der Waals surface area contributed by atoms with E-state index in [4.69, 9.17) is 16.3 Å². The van der Waals surface area contributed by atoms with Gasteiger partial charge in [-0.1, -0.05) is 41.9 Å². The molecule has 7 nitrogen and oxygen atoms in total. The number of benzene rings is 3. The van der Waals surface area contributed by atoms with Crippen molar-refractivity contribution in [3.05, 3.63) is 101 Å². The van der Waals surface area contributed by atoms with Crippen LogP contribution in [0.15, 0.2) is 79.0 Å². The van der Waals surface area contributed by atoms with Gasteiger partial charge in [0.2, 0.25) is 0 Å². The number of nitrogens with one attached hydrogen (secondary N) is 3. The van der Waals surface area contributed by atoms with Crippen LogP contribution in [0, 0.1) is 0 Å². The van der Waals surface area contributed by atoms with Gasteiger partial charge in [-0.25, -0.2) is 4.79 Å². The first-order valence-corrected chi connectivity index (χ1v) is 11.7. The fourth-order valence-electron chi connectivity index (χ4n) is 3.82. The van der Waals surface area contributed by atoms with Crippen molar-refractivity contribution in [2.45, 2.75) is 18.6 Å². The molecule has 1 atom stereocenters. The number of carbonyl (C=O) groups excluding carboxylic acids is 3. The average Bonchev–Trinajstić information content (AvgIpc) is 3.29. The Morgan fingerprint density at radius 1 is 0.947 bits per heavy atom. The number of hydrogen-bond acceptors (Lipinski definition) is 4. The van der Waals surface area contributed by atoms with Crippen molar-refractivity contribution < 1.29 is 32.3 Å². The highest BCUT2D eigenvalue weighted by molar-refractivity contribution is 6.30. The highest BCUT2D eigenvalue weighted by Crippen LogP contribution is 2.34. The zero-order valence-electron chi connectivity index (χ0n) is 19.6. The van der Waals surface area contributed by atoms with Crippen LogP contribution in [0.5, 0.6) is 0 Å². The van der Waals surface area contributed by atoms with Crippen LogP contribution in [-0.2, 0) is 26.9 Å². The minimum Gasteiger partial charge on any atom is -0.454 e. The minimum atomic E-state index is -4.68. The number of halogens is 4. The third-order valence-corrected chi connectivity index (χ3v) is 5.90. The smallest absolute Gasteiger partial charge is 0.418 e. The van der Waals surface area contributed by atoms with Crippen molar-refractivity contribution in [2.24, 2.45) is 0 Å². The predicted octanol–water partition coefficient (Wildman–Crippen LogP) is 5.36. The Bertz CT molecular complexity index is 1470. The summed E-state index contributed by atoms with van der Waals surface area (Å²) in [5.74, 6) is -2.48. The summed E-state index contributed by atoms with van der Waals surface area (Å²) in [6.45, 7) is -0.855. The first-order valence-electron chi connectivity index (χ1n) is 11.4. The molecule has 0 fully saturated rings. The normalized spacial score (nSPS) is 12.1. The number of hydrogen-bond donors (Lipinski definition) is 3. The van der Waals surface area contributed by atoms with Crippen molar-refractivity contribution in [1.29, 1.82) is 0 Å². The zero-order valence-corrected chi connectivity index (χ0v) is 20.4. The zero-order chi connectivity index (χ0) is 27.3. The predicted molar refractivity (Wildman–Crippen MR) is 136 cm³/mol. The summed E-state index contributed by atoms with van der Waals surface area (Å²) in [4.78, 5) is 41.2. The number of aromatic amines is 1. The lowest BCUT2D eigenvalue weighted by atomic mass is 10.0. The van der Waals surface area contributed by atoms with Gasteiger partial charge in [0.1, 0.15) is 6.04 Å². The molecule has 0 saturated carbocycles. The lowest BCUT2D eigenvalue weighted by Crippen LogP contribution is -2.44. The van der Waals surface area contributed by atoms with Gasteiger partial charge in [0.15, 0.2) is 6.61 Å². The number of alkyl halides is 3. The van der Waals surface area contributed by atoms with Gasteiger partial charge in [0.05, 0.1) is 11.3 Å². The number of carbonyl (C=O) groups is 3. The first kappa shape index (κ1) is 26.7. The molecule has 0 bridgehead atoms. The molecule has 4 rings (SSSR count). The summed E-state index contributed by atoms with van der Waals surface area (Å²) in [5, 5.41) is 5.97. The minimum absolute atomic E-state index is 0.0285.